The summed E-state index contributed by atoms with van der Waals surface area (Å²) >= 11 is 0. The Morgan fingerprint density at radius 2 is 1.96 bits per heavy atom. The van der Waals surface area contributed by atoms with Crippen molar-refractivity contribution in [3.05, 3.63) is 70.8 Å². The van der Waals surface area contributed by atoms with Crippen LogP contribution in [0.2, 0.25) is 0 Å². The summed E-state index contributed by atoms with van der Waals surface area (Å²) in [5, 5.41) is 8.44. The van der Waals surface area contributed by atoms with Gasteiger partial charge in [-0.25, -0.2) is 5.48 Å². The second-order valence-corrected chi connectivity index (χ2v) is 5.94. The number of fused-ring (bicyclic) bond motifs is 1. The third-order valence-electron chi connectivity index (χ3n) is 4.15. The van der Waals surface area contributed by atoms with E-state index in [2.05, 4.69) is 0 Å². The molecule has 2 aromatic rings. The standard InChI is InChI=1S/C20H19NO4/c22-19-3-1-2-16-12-17(9-10-18(16)19)25-13-15-6-4-14(5-7-15)8-11-20(23)21-24/h4-12,24H,1-3,13H2,(H,21,23)/b11-8+. The van der Waals surface area contributed by atoms with Crippen LogP contribution in [0, 0.1) is 0 Å². The highest BCUT2D eigenvalue weighted by molar-refractivity contribution is 5.98. The number of nitrogens with one attached hydrogen (secondary N) is 1. The molecule has 0 saturated heterocycles. The number of Topliss-reactive ketones (excluding diaryl/α,β-unsaturated/α-hetero) is 1. The van der Waals surface area contributed by atoms with Crippen molar-refractivity contribution in [3.8, 4) is 5.75 Å². The number of aryl methyl sites for hydroxylation is 1. The summed E-state index contributed by atoms with van der Waals surface area (Å²) in [7, 11) is 0. The lowest BCUT2D eigenvalue weighted by Gasteiger charge is -2.16. The summed E-state index contributed by atoms with van der Waals surface area (Å²) < 4.78 is 5.82. The Labute approximate surface area is 145 Å². The number of ether oxygens (including phenoxy) is 1. The number of rotatable bonds is 5. The summed E-state index contributed by atoms with van der Waals surface area (Å²) in [6.07, 6.45) is 5.31. The van der Waals surface area contributed by atoms with Crippen LogP contribution in [0.3, 0.4) is 0 Å². The van der Waals surface area contributed by atoms with E-state index in [-0.39, 0.29) is 5.78 Å². The first-order valence-electron chi connectivity index (χ1n) is 8.16. The van der Waals surface area contributed by atoms with Gasteiger partial charge in [0.1, 0.15) is 12.4 Å². The van der Waals surface area contributed by atoms with Gasteiger partial charge in [-0.3, -0.25) is 14.8 Å². The third-order valence-corrected chi connectivity index (χ3v) is 4.15. The van der Waals surface area contributed by atoms with Gasteiger partial charge < -0.3 is 4.74 Å². The largest absolute Gasteiger partial charge is 0.489 e. The molecule has 3 rings (SSSR count). The minimum Gasteiger partial charge on any atom is -0.489 e. The molecule has 1 aliphatic rings. The van der Waals surface area contributed by atoms with E-state index >= 15 is 0 Å². The van der Waals surface area contributed by atoms with E-state index in [1.54, 1.807) is 11.6 Å². The number of carbonyl (C=O) groups is 2. The van der Waals surface area contributed by atoms with Crippen molar-refractivity contribution in [1.82, 2.24) is 5.48 Å². The minimum atomic E-state index is -0.571. The molecule has 0 spiro atoms. The molecule has 2 N–H and O–H groups in total. The lowest BCUT2D eigenvalue weighted by atomic mass is 9.90. The Hall–Kier alpha value is -2.92. The van der Waals surface area contributed by atoms with Gasteiger partial charge in [0, 0.05) is 18.1 Å². The zero-order chi connectivity index (χ0) is 17.6. The van der Waals surface area contributed by atoms with Crippen molar-refractivity contribution in [3.63, 3.8) is 0 Å². The van der Waals surface area contributed by atoms with E-state index in [1.165, 1.54) is 6.08 Å². The van der Waals surface area contributed by atoms with Gasteiger partial charge in [-0.2, -0.15) is 0 Å². The van der Waals surface area contributed by atoms with Crippen molar-refractivity contribution in [1.29, 1.82) is 0 Å². The van der Waals surface area contributed by atoms with Crippen molar-refractivity contribution in [2.75, 3.05) is 0 Å². The zero-order valence-corrected chi connectivity index (χ0v) is 13.7. The van der Waals surface area contributed by atoms with E-state index in [4.69, 9.17) is 9.94 Å². The molecule has 0 aliphatic heterocycles. The van der Waals surface area contributed by atoms with Gasteiger partial charge in [-0.15, -0.1) is 0 Å². The zero-order valence-electron chi connectivity index (χ0n) is 13.7. The van der Waals surface area contributed by atoms with Crippen LogP contribution < -0.4 is 10.2 Å². The average molecular weight is 337 g/mol. The van der Waals surface area contributed by atoms with Gasteiger partial charge in [-0.1, -0.05) is 24.3 Å². The summed E-state index contributed by atoms with van der Waals surface area (Å²) in [6.45, 7) is 0.424. The van der Waals surface area contributed by atoms with Crippen LogP contribution in [0.4, 0.5) is 0 Å². The van der Waals surface area contributed by atoms with Crippen LogP contribution in [0.25, 0.3) is 6.08 Å². The Morgan fingerprint density at radius 3 is 2.72 bits per heavy atom. The molecule has 0 heterocycles. The number of benzene rings is 2. The number of carbonyl (C=O) groups excluding carboxylic acids is 2. The van der Waals surface area contributed by atoms with Crippen LogP contribution in [0.1, 0.15) is 39.9 Å². The first kappa shape index (κ1) is 16.9. The molecule has 0 aromatic heterocycles. The molecule has 0 fully saturated rings. The number of hydrogen-bond acceptors (Lipinski definition) is 4. The first-order chi connectivity index (χ1) is 12.2. The predicted molar refractivity (Wildman–Crippen MR) is 93.4 cm³/mol. The van der Waals surface area contributed by atoms with Gasteiger partial charge in [0.25, 0.3) is 5.91 Å². The maximum Gasteiger partial charge on any atom is 0.267 e. The van der Waals surface area contributed by atoms with Gasteiger partial charge in [-0.05, 0) is 53.8 Å². The Bertz CT molecular complexity index is 809. The fourth-order valence-corrected chi connectivity index (χ4v) is 2.81. The fraction of sp³-hybridized carbons (Fsp3) is 0.200. The topological polar surface area (TPSA) is 75.6 Å². The average Bonchev–Trinajstić information content (AvgIpc) is 2.65. The van der Waals surface area contributed by atoms with Gasteiger partial charge in [0.15, 0.2) is 5.78 Å². The van der Waals surface area contributed by atoms with E-state index in [1.807, 2.05) is 42.5 Å². The molecule has 0 radical (unpaired) electrons. The molecular formula is C20H19NO4. The minimum absolute atomic E-state index is 0.214. The Balaban J connectivity index is 1.61. The van der Waals surface area contributed by atoms with E-state index in [9.17, 15) is 9.59 Å². The summed E-state index contributed by atoms with van der Waals surface area (Å²) in [6, 6.07) is 13.2. The van der Waals surface area contributed by atoms with Crippen LogP contribution in [0.5, 0.6) is 5.75 Å². The normalized spacial score (nSPS) is 13.6. The quantitative estimate of drug-likeness (QED) is 0.499. The molecule has 5 heteroatoms. The highest BCUT2D eigenvalue weighted by atomic mass is 16.5. The second-order valence-electron chi connectivity index (χ2n) is 5.94. The number of amides is 1. The molecule has 0 atom stereocenters. The molecule has 5 nitrogen and oxygen atoms in total. The maximum absolute atomic E-state index is 11.8. The molecule has 1 amide bonds. The van der Waals surface area contributed by atoms with Crippen LogP contribution in [0.15, 0.2) is 48.5 Å². The van der Waals surface area contributed by atoms with Crippen molar-refractivity contribution >= 4 is 17.8 Å². The van der Waals surface area contributed by atoms with Gasteiger partial charge in [0.05, 0.1) is 0 Å². The van der Waals surface area contributed by atoms with E-state index < -0.39 is 5.91 Å². The summed E-state index contributed by atoms with van der Waals surface area (Å²) in [5.41, 5.74) is 5.27. The molecule has 0 unspecified atom stereocenters. The fourth-order valence-electron chi connectivity index (χ4n) is 2.81. The van der Waals surface area contributed by atoms with Crippen molar-refractivity contribution in [2.45, 2.75) is 25.9 Å². The monoisotopic (exact) mass is 337 g/mol. The lowest BCUT2D eigenvalue weighted by molar-refractivity contribution is -0.124. The first-order valence-corrected chi connectivity index (χ1v) is 8.16. The molecule has 0 saturated carbocycles. The molecule has 0 bridgehead atoms. The SMILES string of the molecule is O=C(/C=C/c1ccc(COc2ccc3c(c2)CCCC3=O)cc1)NO. The number of hydroxylamine groups is 1. The van der Waals surface area contributed by atoms with Crippen molar-refractivity contribution in [2.24, 2.45) is 0 Å². The number of hydrogen-bond donors (Lipinski definition) is 2. The van der Waals surface area contributed by atoms with Crippen LogP contribution in [-0.2, 0) is 17.8 Å². The molecular weight excluding hydrogens is 318 g/mol. The Kier molecular flexibility index (Phi) is 5.26. The number of ketones is 1. The molecule has 25 heavy (non-hydrogen) atoms. The summed E-state index contributed by atoms with van der Waals surface area (Å²) in [5.74, 6) is 0.404. The third kappa shape index (κ3) is 4.33. The van der Waals surface area contributed by atoms with Crippen LogP contribution in [-0.4, -0.2) is 16.9 Å². The highest BCUT2D eigenvalue weighted by Crippen LogP contribution is 2.26. The van der Waals surface area contributed by atoms with Crippen molar-refractivity contribution < 1.29 is 19.5 Å². The summed E-state index contributed by atoms with van der Waals surface area (Å²) in [4.78, 5) is 22.8. The lowest BCUT2D eigenvalue weighted by Crippen LogP contribution is -2.14. The second kappa shape index (κ2) is 7.77. The van der Waals surface area contributed by atoms with Crippen LogP contribution >= 0.6 is 0 Å². The maximum atomic E-state index is 11.8. The predicted octanol–water partition coefficient (Wildman–Crippen LogP) is 3.30. The van der Waals surface area contributed by atoms with E-state index in [0.717, 1.165) is 40.8 Å². The van der Waals surface area contributed by atoms with Gasteiger partial charge in [0.2, 0.25) is 0 Å². The molecule has 1 aliphatic carbocycles. The molecule has 128 valence electrons. The molecule has 2 aromatic carbocycles. The van der Waals surface area contributed by atoms with E-state index in [0.29, 0.717) is 13.0 Å². The van der Waals surface area contributed by atoms with Gasteiger partial charge >= 0.3 is 0 Å². The Morgan fingerprint density at radius 1 is 1.16 bits per heavy atom. The highest BCUT2D eigenvalue weighted by Gasteiger charge is 2.17. The smallest absolute Gasteiger partial charge is 0.267 e.